The number of phenolic OH excluding ortho intramolecular Hbond substituents is 1. The van der Waals surface area contributed by atoms with Crippen LogP contribution < -0.4 is 5.32 Å². The van der Waals surface area contributed by atoms with Gasteiger partial charge in [0.2, 0.25) is 0 Å². The summed E-state index contributed by atoms with van der Waals surface area (Å²) in [5, 5.41) is 13.3. The highest BCUT2D eigenvalue weighted by Crippen LogP contribution is 2.22. The minimum atomic E-state index is 0.230. The van der Waals surface area contributed by atoms with Gasteiger partial charge in [0.15, 0.2) is 0 Å². The number of para-hydroxylation sites is 1. The molecule has 1 heterocycles. The van der Waals surface area contributed by atoms with Crippen molar-refractivity contribution < 1.29 is 5.11 Å². The molecule has 0 spiro atoms. The van der Waals surface area contributed by atoms with Crippen LogP contribution in [-0.4, -0.2) is 10.1 Å². The van der Waals surface area contributed by atoms with E-state index < -0.39 is 0 Å². The third-order valence-electron chi connectivity index (χ3n) is 3.13. The van der Waals surface area contributed by atoms with E-state index in [0.717, 1.165) is 11.1 Å². The van der Waals surface area contributed by atoms with Crippen LogP contribution in [0.1, 0.15) is 29.7 Å². The van der Waals surface area contributed by atoms with Crippen LogP contribution in [0.3, 0.4) is 0 Å². The fourth-order valence-corrected chi connectivity index (χ4v) is 1.90. The first kappa shape index (κ1) is 12.6. The lowest BCUT2D eigenvalue weighted by Gasteiger charge is -2.15. The van der Waals surface area contributed by atoms with Crippen molar-refractivity contribution in [3.63, 3.8) is 0 Å². The topological polar surface area (TPSA) is 45.2 Å². The first-order valence-electron chi connectivity index (χ1n) is 6.09. The molecule has 0 bridgehead atoms. The van der Waals surface area contributed by atoms with E-state index in [1.165, 1.54) is 5.56 Å². The second-order valence-corrected chi connectivity index (χ2v) is 4.47. The monoisotopic (exact) mass is 242 g/mol. The summed E-state index contributed by atoms with van der Waals surface area (Å²) in [7, 11) is 0. The largest absolute Gasteiger partial charge is 0.507 e. The van der Waals surface area contributed by atoms with Gasteiger partial charge in [-0.25, -0.2) is 0 Å². The van der Waals surface area contributed by atoms with Crippen LogP contribution in [0.5, 0.6) is 5.75 Å². The number of hydrogen-bond donors (Lipinski definition) is 2. The minimum absolute atomic E-state index is 0.230. The van der Waals surface area contributed by atoms with Crippen molar-refractivity contribution in [3.8, 4) is 5.75 Å². The van der Waals surface area contributed by atoms with Crippen LogP contribution >= 0.6 is 0 Å². The molecular weight excluding hydrogens is 224 g/mol. The number of aryl methyl sites for hydroxylation is 1. The van der Waals surface area contributed by atoms with E-state index in [2.05, 4.69) is 17.2 Å². The van der Waals surface area contributed by atoms with Crippen molar-refractivity contribution in [2.24, 2.45) is 0 Å². The number of nitrogens with one attached hydrogen (secondary N) is 1. The zero-order valence-corrected chi connectivity index (χ0v) is 10.7. The minimum Gasteiger partial charge on any atom is -0.507 e. The number of phenols is 1. The van der Waals surface area contributed by atoms with E-state index in [0.29, 0.717) is 12.3 Å². The van der Waals surface area contributed by atoms with Crippen LogP contribution in [0.2, 0.25) is 0 Å². The summed E-state index contributed by atoms with van der Waals surface area (Å²) in [6.45, 7) is 4.66. The molecule has 3 heteroatoms. The Morgan fingerprint density at radius 3 is 2.67 bits per heavy atom. The second kappa shape index (κ2) is 5.65. The Hall–Kier alpha value is -1.87. The van der Waals surface area contributed by atoms with Gasteiger partial charge in [0.25, 0.3) is 0 Å². The van der Waals surface area contributed by atoms with Crippen LogP contribution in [0.25, 0.3) is 0 Å². The van der Waals surface area contributed by atoms with Gasteiger partial charge in [0.05, 0.1) is 0 Å². The maximum Gasteiger partial charge on any atom is 0.122 e. The van der Waals surface area contributed by atoms with Crippen LogP contribution in [0, 0.1) is 6.92 Å². The Morgan fingerprint density at radius 2 is 1.94 bits per heavy atom. The summed E-state index contributed by atoms with van der Waals surface area (Å²) in [6.07, 6.45) is 3.58. The summed E-state index contributed by atoms with van der Waals surface area (Å²) in [6, 6.07) is 10.0. The lowest BCUT2D eigenvalue weighted by atomic mass is 10.1. The van der Waals surface area contributed by atoms with Gasteiger partial charge in [-0.2, -0.15) is 0 Å². The average Bonchev–Trinajstić information content (AvgIpc) is 2.41. The molecule has 0 saturated carbocycles. The number of pyridine rings is 1. The summed E-state index contributed by atoms with van der Waals surface area (Å²) in [5.41, 5.74) is 3.03. The SMILES string of the molecule is Cc1cccc(CN[C@@H](C)c2ccncc2)c1O. The lowest BCUT2D eigenvalue weighted by Crippen LogP contribution is -2.18. The number of rotatable bonds is 4. The third-order valence-corrected chi connectivity index (χ3v) is 3.13. The molecule has 0 aliphatic rings. The first-order valence-corrected chi connectivity index (χ1v) is 6.09. The predicted octanol–water partition coefficient (Wildman–Crippen LogP) is 2.95. The maximum atomic E-state index is 9.93. The van der Waals surface area contributed by atoms with Crippen molar-refractivity contribution >= 4 is 0 Å². The van der Waals surface area contributed by atoms with E-state index in [1.54, 1.807) is 12.4 Å². The molecule has 3 nitrogen and oxygen atoms in total. The Kier molecular flexibility index (Phi) is 3.95. The van der Waals surface area contributed by atoms with E-state index in [1.807, 2.05) is 37.3 Å². The van der Waals surface area contributed by atoms with Crippen molar-refractivity contribution in [3.05, 3.63) is 59.4 Å². The van der Waals surface area contributed by atoms with E-state index in [4.69, 9.17) is 0 Å². The van der Waals surface area contributed by atoms with E-state index in [9.17, 15) is 5.11 Å². The highest BCUT2D eigenvalue weighted by Gasteiger charge is 2.07. The molecule has 2 aromatic rings. The average molecular weight is 242 g/mol. The second-order valence-electron chi connectivity index (χ2n) is 4.47. The first-order chi connectivity index (χ1) is 8.68. The smallest absolute Gasteiger partial charge is 0.122 e. The number of aromatic hydroxyl groups is 1. The standard InChI is InChI=1S/C15H18N2O/c1-11-4-3-5-14(15(11)18)10-17-12(2)13-6-8-16-9-7-13/h3-9,12,17-18H,10H2,1-2H3/t12-/m0/s1. The molecule has 0 radical (unpaired) electrons. The molecule has 1 aromatic carbocycles. The fraction of sp³-hybridized carbons (Fsp3) is 0.267. The van der Waals surface area contributed by atoms with Gasteiger partial charge >= 0.3 is 0 Å². The molecule has 1 atom stereocenters. The number of hydrogen-bond acceptors (Lipinski definition) is 3. The van der Waals surface area contributed by atoms with Gasteiger partial charge in [-0.15, -0.1) is 0 Å². The van der Waals surface area contributed by atoms with Gasteiger partial charge in [-0.05, 0) is 37.1 Å². The normalized spacial score (nSPS) is 12.3. The molecule has 0 unspecified atom stereocenters. The molecule has 1 aromatic heterocycles. The Labute approximate surface area is 108 Å². The van der Waals surface area contributed by atoms with Crippen molar-refractivity contribution in [1.82, 2.24) is 10.3 Å². The Balaban J connectivity index is 2.02. The summed E-state index contributed by atoms with van der Waals surface area (Å²) in [5.74, 6) is 0.381. The molecule has 0 amide bonds. The molecule has 2 rings (SSSR count). The van der Waals surface area contributed by atoms with Gasteiger partial charge in [0.1, 0.15) is 5.75 Å². The lowest BCUT2D eigenvalue weighted by molar-refractivity contribution is 0.456. The van der Waals surface area contributed by atoms with Gasteiger partial charge in [-0.3, -0.25) is 4.98 Å². The quantitative estimate of drug-likeness (QED) is 0.866. The van der Waals surface area contributed by atoms with Crippen molar-refractivity contribution in [1.29, 1.82) is 0 Å². The van der Waals surface area contributed by atoms with E-state index >= 15 is 0 Å². The summed E-state index contributed by atoms with van der Waals surface area (Å²) in [4.78, 5) is 4.00. The molecule has 0 fully saturated rings. The number of aromatic nitrogens is 1. The van der Waals surface area contributed by atoms with Gasteiger partial charge in [0, 0.05) is 30.5 Å². The Morgan fingerprint density at radius 1 is 1.22 bits per heavy atom. The molecule has 94 valence electrons. The number of nitrogens with zero attached hydrogens (tertiary/aromatic N) is 1. The molecule has 0 aliphatic heterocycles. The van der Waals surface area contributed by atoms with Crippen LogP contribution in [0.15, 0.2) is 42.7 Å². The summed E-state index contributed by atoms with van der Waals surface area (Å²) >= 11 is 0. The number of benzene rings is 1. The highest BCUT2D eigenvalue weighted by atomic mass is 16.3. The molecule has 2 N–H and O–H groups in total. The Bertz CT molecular complexity index is 511. The van der Waals surface area contributed by atoms with Crippen molar-refractivity contribution in [2.45, 2.75) is 26.4 Å². The summed E-state index contributed by atoms with van der Waals surface area (Å²) < 4.78 is 0. The van der Waals surface area contributed by atoms with Crippen molar-refractivity contribution in [2.75, 3.05) is 0 Å². The predicted molar refractivity (Wildman–Crippen MR) is 72.3 cm³/mol. The zero-order chi connectivity index (χ0) is 13.0. The molecule has 0 aliphatic carbocycles. The highest BCUT2D eigenvalue weighted by molar-refractivity contribution is 5.39. The zero-order valence-electron chi connectivity index (χ0n) is 10.7. The third kappa shape index (κ3) is 2.87. The fourth-order valence-electron chi connectivity index (χ4n) is 1.90. The molecule has 18 heavy (non-hydrogen) atoms. The van der Waals surface area contributed by atoms with Gasteiger partial charge < -0.3 is 10.4 Å². The molecule has 0 saturated heterocycles. The van der Waals surface area contributed by atoms with Gasteiger partial charge in [-0.1, -0.05) is 18.2 Å². The van der Waals surface area contributed by atoms with E-state index in [-0.39, 0.29) is 6.04 Å². The maximum absolute atomic E-state index is 9.93. The van der Waals surface area contributed by atoms with Crippen LogP contribution in [0.4, 0.5) is 0 Å². The molecular formula is C15H18N2O. The van der Waals surface area contributed by atoms with Crippen LogP contribution in [-0.2, 0) is 6.54 Å².